The Hall–Kier alpha value is -2.57. The van der Waals surface area contributed by atoms with Gasteiger partial charge >= 0.3 is 12.0 Å². The molecule has 0 aromatic carbocycles. The third kappa shape index (κ3) is 4.04. The maximum atomic E-state index is 11.9. The molecule has 2 amide bonds. The number of urea groups is 1. The normalized spacial score (nSPS) is 20.7. The first-order valence-corrected chi connectivity index (χ1v) is 8.31. The molecule has 0 radical (unpaired) electrons. The summed E-state index contributed by atoms with van der Waals surface area (Å²) in [5.41, 5.74) is 1.83. The molecule has 0 saturated heterocycles. The molecule has 3 rings (SSSR count). The third-order valence-electron chi connectivity index (χ3n) is 4.49. The van der Waals surface area contributed by atoms with Crippen molar-refractivity contribution in [2.24, 2.45) is 5.92 Å². The smallest absolute Gasteiger partial charge is 0.315 e. The SMILES string of the molecule is O=C(NCCc1cn2ccccc2n1)NC1CCC(C(=O)O)CC1. The van der Waals surface area contributed by atoms with Crippen molar-refractivity contribution in [3.8, 4) is 0 Å². The van der Waals surface area contributed by atoms with Crippen LogP contribution in [0.1, 0.15) is 31.4 Å². The molecule has 1 saturated carbocycles. The summed E-state index contributed by atoms with van der Waals surface area (Å²) in [7, 11) is 0. The molecular weight excluding hydrogens is 308 g/mol. The lowest BCUT2D eigenvalue weighted by Crippen LogP contribution is -2.44. The number of carbonyl (C=O) groups is 2. The molecule has 1 aliphatic rings. The second-order valence-corrected chi connectivity index (χ2v) is 6.24. The number of carbonyl (C=O) groups excluding carboxylic acids is 1. The minimum absolute atomic E-state index is 0.0655. The van der Waals surface area contributed by atoms with Gasteiger partial charge in [0.25, 0.3) is 0 Å². The molecule has 24 heavy (non-hydrogen) atoms. The number of pyridine rings is 1. The summed E-state index contributed by atoms with van der Waals surface area (Å²) in [6, 6.07) is 5.70. The minimum atomic E-state index is -0.731. The van der Waals surface area contributed by atoms with Gasteiger partial charge in [0.1, 0.15) is 5.65 Å². The largest absolute Gasteiger partial charge is 0.481 e. The predicted octanol–water partition coefficient (Wildman–Crippen LogP) is 1.82. The Morgan fingerprint density at radius 3 is 2.75 bits per heavy atom. The maximum absolute atomic E-state index is 11.9. The molecule has 2 aromatic heterocycles. The van der Waals surface area contributed by atoms with Gasteiger partial charge in [-0.25, -0.2) is 9.78 Å². The first-order valence-electron chi connectivity index (χ1n) is 8.31. The number of carboxylic acids is 1. The van der Waals surface area contributed by atoms with Crippen molar-refractivity contribution in [1.29, 1.82) is 0 Å². The first kappa shape index (κ1) is 16.3. The third-order valence-corrected chi connectivity index (χ3v) is 4.49. The van der Waals surface area contributed by atoms with Gasteiger partial charge in [-0.15, -0.1) is 0 Å². The molecule has 128 valence electrons. The van der Waals surface area contributed by atoms with Crippen LogP contribution in [0, 0.1) is 5.92 Å². The number of carboxylic acid groups (broad SMARTS) is 1. The van der Waals surface area contributed by atoms with E-state index in [-0.39, 0.29) is 18.0 Å². The number of rotatable bonds is 5. The van der Waals surface area contributed by atoms with Crippen LogP contribution >= 0.6 is 0 Å². The van der Waals surface area contributed by atoms with Gasteiger partial charge in [0.05, 0.1) is 11.6 Å². The van der Waals surface area contributed by atoms with E-state index in [1.165, 1.54) is 0 Å². The minimum Gasteiger partial charge on any atom is -0.481 e. The lowest BCUT2D eigenvalue weighted by atomic mass is 9.86. The zero-order valence-corrected chi connectivity index (χ0v) is 13.4. The number of hydrogen-bond donors (Lipinski definition) is 3. The Bertz CT molecular complexity index is 686. The Labute approximate surface area is 140 Å². The van der Waals surface area contributed by atoms with E-state index >= 15 is 0 Å². The van der Waals surface area contributed by atoms with Gasteiger partial charge in [0, 0.05) is 31.4 Å². The molecule has 0 atom stereocenters. The molecule has 7 nitrogen and oxygen atoms in total. The summed E-state index contributed by atoms with van der Waals surface area (Å²) in [5.74, 6) is -0.994. The van der Waals surface area contributed by atoms with E-state index in [1.54, 1.807) is 0 Å². The number of nitrogens with zero attached hydrogens (tertiary/aromatic N) is 2. The van der Waals surface area contributed by atoms with Crippen molar-refractivity contribution in [2.45, 2.75) is 38.1 Å². The van der Waals surface area contributed by atoms with Gasteiger partial charge in [-0.2, -0.15) is 0 Å². The molecular formula is C17H22N4O3. The quantitative estimate of drug-likeness (QED) is 0.779. The maximum Gasteiger partial charge on any atom is 0.315 e. The molecule has 2 aromatic rings. The van der Waals surface area contributed by atoms with Crippen LogP contribution in [0.4, 0.5) is 4.79 Å². The number of hydrogen-bond acceptors (Lipinski definition) is 3. The van der Waals surface area contributed by atoms with Crippen LogP contribution < -0.4 is 10.6 Å². The highest BCUT2D eigenvalue weighted by Gasteiger charge is 2.26. The number of amides is 2. The molecule has 1 aliphatic carbocycles. The van der Waals surface area contributed by atoms with Gasteiger partial charge < -0.3 is 20.1 Å². The number of imidazole rings is 1. The highest BCUT2D eigenvalue weighted by atomic mass is 16.4. The van der Waals surface area contributed by atoms with Gasteiger partial charge in [0.2, 0.25) is 0 Å². The Morgan fingerprint density at radius 1 is 1.25 bits per heavy atom. The number of aromatic nitrogens is 2. The van der Waals surface area contributed by atoms with Crippen molar-refractivity contribution in [1.82, 2.24) is 20.0 Å². The molecule has 0 aliphatic heterocycles. The van der Waals surface area contributed by atoms with E-state index in [0.717, 1.165) is 24.2 Å². The standard InChI is InChI=1S/C17H22N4O3/c22-16(23)12-4-6-13(7-5-12)20-17(24)18-9-8-14-11-21-10-2-1-3-15(21)19-14/h1-3,10-13H,4-9H2,(H,22,23)(H2,18,20,24). The van der Waals surface area contributed by atoms with E-state index in [2.05, 4.69) is 15.6 Å². The van der Waals surface area contributed by atoms with Crippen LogP contribution in [0.3, 0.4) is 0 Å². The number of nitrogens with one attached hydrogen (secondary N) is 2. The van der Waals surface area contributed by atoms with Crippen molar-refractivity contribution in [3.63, 3.8) is 0 Å². The Morgan fingerprint density at radius 2 is 2.04 bits per heavy atom. The molecule has 3 N–H and O–H groups in total. The zero-order chi connectivity index (χ0) is 16.9. The van der Waals surface area contributed by atoms with E-state index < -0.39 is 5.97 Å². The second-order valence-electron chi connectivity index (χ2n) is 6.24. The Balaban J connectivity index is 1.39. The molecule has 0 bridgehead atoms. The van der Waals surface area contributed by atoms with Crippen molar-refractivity contribution in [3.05, 3.63) is 36.3 Å². The van der Waals surface area contributed by atoms with Crippen LogP contribution in [0.15, 0.2) is 30.6 Å². The summed E-state index contributed by atoms with van der Waals surface area (Å²) in [5, 5.41) is 14.7. The molecule has 0 spiro atoms. The summed E-state index contributed by atoms with van der Waals surface area (Å²) in [4.78, 5) is 27.3. The van der Waals surface area contributed by atoms with E-state index in [1.807, 2.05) is 35.0 Å². The van der Waals surface area contributed by atoms with Crippen LogP contribution in [-0.2, 0) is 11.2 Å². The predicted molar refractivity (Wildman–Crippen MR) is 88.8 cm³/mol. The summed E-state index contributed by atoms with van der Waals surface area (Å²) < 4.78 is 1.95. The van der Waals surface area contributed by atoms with Crippen LogP contribution in [0.25, 0.3) is 5.65 Å². The molecule has 2 heterocycles. The van der Waals surface area contributed by atoms with E-state index in [4.69, 9.17) is 5.11 Å². The lowest BCUT2D eigenvalue weighted by molar-refractivity contribution is -0.142. The second kappa shape index (κ2) is 7.33. The first-order chi connectivity index (χ1) is 11.6. The highest BCUT2D eigenvalue weighted by Crippen LogP contribution is 2.24. The average Bonchev–Trinajstić information content (AvgIpc) is 2.98. The van der Waals surface area contributed by atoms with Gasteiger partial charge in [-0.1, -0.05) is 6.07 Å². The monoisotopic (exact) mass is 330 g/mol. The fourth-order valence-electron chi connectivity index (χ4n) is 3.13. The fourth-order valence-corrected chi connectivity index (χ4v) is 3.13. The molecule has 1 fully saturated rings. The molecule has 7 heteroatoms. The van der Waals surface area contributed by atoms with Crippen LogP contribution in [-0.4, -0.2) is 39.1 Å². The topological polar surface area (TPSA) is 95.7 Å². The van der Waals surface area contributed by atoms with E-state index in [0.29, 0.717) is 25.8 Å². The van der Waals surface area contributed by atoms with Crippen LogP contribution in [0.5, 0.6) is 0 Å². The highest BCUT2D eigenvalue weighted by molar-refractivity contribution is 5.74. The summed E-state index contributed by atoms with van der Waals surface area (Å²) >= 11 is 0. The average molecular weight is 330 g/mol. The van der Waals surface area contributed by atoms with Crippen molar-refractivity contribution in [2.75, 3.05) is 6.54 Å². The van der Waals surface area contributed by atoms with Crippen molar-refractivity contribution < 1.29 is 14.7 Å². The fraction of sp³-hybridized carbons (Fsp3) is 0.471. The summed E-state index contributed by atoms with van der Waals surface area (Å²) in [6.45, 7) is 0.514. The number of fused-ring (bicyclic) bond motifs is 1. The van der Waals surface area contributed by atoms with Crippen LogP contribution in [0.2, 0.25) is 0 Å². The number of aliphatic carboxylic acids is 1. The van der Waals surface area contributed by atoms with Gasteiger partial charge in [-0.3, -0.25) is 4.79 Å². The zero-order valence-electron chi connectivity index (χ0n) is 13.4. The molecule has 0 unspecified atom stereocenters. The van der Waals surface area contributed by atoms with Gasteiger partial charge in [0.15, 0.2) is 0 Å². The van der Waals surface area contributed by atoms with Crippen molar-refractivity contribution >= 4 is 17.6 Å². The Kier molecular flexibility index (Phi) is 4.98. The van der Waals surface area contributed by atoms with Gasteiger partial charge in [-0.05, 0) is 37.8 Å². The van der Waals surface area contributed by atoms with E-state index in [9.17, 15) is 9.59 Å². The summed E-state index contributed by atoms with van der Waals surface area (Å²) in [6.07, 6.45) is 7.26. The lowest BCUT2D eigenvalue weighted by Gasteiger charge is -2.26.